The molecule has 0 aliphatic heterocycles. The minimum Gasteiger partial charge on any atom is -0.449 e. The summed E-state index contributed by atoms with van der Waals surface area (Å²) in [7, 11) is 0. The van der Waals surface area contributed by atoms with Crippen molar-refractivity contribution in [1.82, 2.24) is 5.32 Å². The molecular weight excluding hydrogens is 278 g/mol. The van der Waals surface area contributed by atoms with Crippen LogP contribution in [-0.4, -0.2) is 24.5 Å². The van der Waals surface area contributed by atoms with Gasteiger partial charge in [-0.2, -0.15) is 0 Å². The molecule has 22 heavy (non-hydrogen) atoms. The second-order valence-electron chi connectivity index (χ2n) is 6.10. The van der Waals surface area contributed by atoms with Gasteiger partial charge < -0.3 is 10.1 Å². The van der Waals surface area contributed by atoms with Crippen LogP contribution in [0.5, 0.6) is 0 Å². The summed E-state index contributed by atoms with van der Waals surface area (Å²) in [4.78, 5) is 24.1. The molecule has 0 fully saturated rings. The largest absolute Gasteiger partial charge is 0.449 e. The Morgan fingerprint density at radius 2 is 1.73 bits per heavy atom. The summed E-state index contributed by atoms with van der Waals surface area (Å²) in [6.07, 6.45) is -0.794. The van der Waals surface area contributed by atoms with Crippen molar-refractivity contribution in [1.29, 1.82) is 0 Å². The van der Waals surface area contributed by atoms with Gasteiger partial charge in [-0.3, -0.25) is 4.79 Å². The molecule has 0 bridgehead atoms. The van der Waals surface area contributed by atoms with Gasteiger partial charge >= 0.3 is 5.97 Å². The number of hydrogen-bond acceptors (Lipinski definition) is 3. The van der Waals surface area contributed by atoms with Crippen LogP contribution in [0.3, 0.4) is 0 Å². The predicted octanol–water partition coefficient (Wildman–Crippen LogP) is 3.61. The monoisotopic (exact) mass is 305 g/mol. The van der Waals surface area contributed by atoms with Gasteiger partial charge in [0.1, 0.15) is 0 Å². The lowest BCUT2D eigenvalue weighted by molar-refractivity contribution is -0.128. The Morgan fingerprint density at radius 1 is 1.09 bits per heavy atom. The third-order valence-electron chi connectivity index (χ3n) is 3.59. The number of esters is 1. The van der Waals surface area contributed by atoms with E-state index in [9.17, 15) is 9.59 Å². The molecule has 0 radical (unpaired) electrons. The lowest BCUT2D eigenvalue weighted by Crippen LogP contribution is -2.35. The molecule has 1 aromatic rings. The minimum absolute atomic E-state index is 0.209. The fourth-order valence-electron chi connectivity index (χ4n) is 2.20. The predicted molar refractivity (Wildman–Crippen MR) is 88.2 cm³/mol. The molecule has 4 heteroatoms. The van der Waals surface area contributed by atoms with Crippen molar-refractivity contribution in [2.45, 2.75) is 59.5 Å². The number of ether oxygens (including phenoxy) is 1. The van der Waals surface area contributed by atoms with E-state index in [1.807, 2.05) is 26.8 Å². The highest BCUT2D eigenvalue weighted by atomic mass is 16.5. The average molecular weight is 305 g/mol. The van der Waals surface area contributed by atoms with Gasteiger partial charge in [0.25, 0.3) is 5.91 Å². The van der Waals surface area contributed by atoms with Crippen molar-refractivity contribution in [2.24, 2.45) is 0 Å². The Balaban J connectivity index is 3.00. The van der Waals surface area contributed by atoms with Crippen LogP contribution in [0.15, 0.2) is 18.2 Å². The first-order valence-corrected chi connectivity index (χ1v) is 7.90. The standard InChI is InChI=1S/C18H27NO3/c1-7-19-17(20)13(6)22-18(21)15-9-8-14(11(2)3)10-16(15)12(4)5/h8-13H,7H2,1-6H3,(H,19,20)/t13-/m0/s1. The second kappa shape index (κ2) is 7.97. The van der Waals surface area contributed by atoms with Crippen LogP contribution in [0, 0.1) is 0 Å². The van der Waals surface area contributed by atoms with Gasteiger partial charge in [0.05, 0.1) is 5.56 Å². The molecule has 4 nitrogen and oxygen atoms in total. The van der Waals surface area contributed by atoms with Crippen molar-refractivity contribution in [3.63, 3.8) is 0 Å². The van der Waals surface area contributed by atoms with Gasteiger partial charge in [0, 0.05) is 6.54 Å². The number of carbonyl (C=O) groups is 2. The molecule has 0 saturated carbocycles. The highest BCUT2D eigenvalue weighted by molar-refractivity contribution is 5.93. The molecule has 0 heterocycles. The Morgan fingerprint density at radius 3 is 2.23 bits per heavy atom. The molecule has 0 saturated heterocycles. The Bertz CT molecular complexity index is 535. The van der Waals surface area contributed by atoms with Crippen LogP contribution in [0.2, 0.25) is 0 Å². The van der Waals surface area contributed by atoms with Crippen LogP contribution < -0.4 is 5.32 Å². The van der Waals surface area contributed by atoms with Crippen LogP contribution in [0.25, 0.3) is 0 Å². The topological polar surface area (TPSA) is 55.4 Å². The molecule has 1 N–H and O–H groups in total. The molecule has 1 amide bonds. The van der Waals surface area contributed by atoms with E-state index in [0.717, 1.165) is 5.56 Å². The molecule has 0 aliphatic carbocycles. The van der Waals surface area contributed by atoms with E-state index in [-0.39, 0.29) is 11.8 Å². The highest BCUT2D eigenvalue weighted by Crippen LogP contribution is 2.25. The quantitative estimate of drug-likeness (QED) is 0.817. The third-order valence-corrected chi connectivity index (χ3v) is 3.59. The lowest BCUT2D eigenvalue weighted by Gasteiger charge is -2.18. The SMILES string of the molecule is CCNC(=O)[C@H](C)OC(=O)c1ccc(C(C)C)cc1C(C)C. The summed E-state index contributed by atoms with van der Waals surface area (Å²) in [6.45, 7) is 12.3. The lowest BCUT2D eigenvalue weighted by atomic mass is 9.91. The van der Waals surface area contributed by atoms with E-state index < -0.39 is 12.1 Å². The summed E-state index contributed by atoms with van der Waals surface area (Å²) in [5.41, 5.74) is 2.69. The Kier molecular flexibility index (Phi) is 6.60. The maximum Gasteiger partial charge on any atom is 0.339 e. The summed E-state index contributed by atoms with van der Waals surface area (Å²) < 4.78 is 5.29. The van der Waals surface area contributed by atoms with Gasteiger partial charge in [-0.05, 0) is 42.9 Å². The number of nitrogens with one attached hydrogen (secondary N) is 1. The number of amides is 1. The fourth-order valence-corrected chi connectivity index (χ4v) is 2.20. The van der Waals surface area contributed by atoms with Crippen molar-refractivity contribution in [3.8, 4) is 0 Å². The first-order chi connectivity index (χ1) is 10.3. The van der Waals surface area contributed by atoms with E-state index in [4.69, 9.17) is 4.74 Å². The molecule has 1 aromatic carbocycles. The zero-order valence-electron chi connectivity index (χ0n) is 14.4. The van der Waals surface area contributed by atoms with Crippen molar-refractivity contribution < 1.29 is 14.3 Å². The summed E-state index contributed by atoms with van der Waals surface area (Å²) in [6, 6.07) is 5.81. The van der Waals surface area contributed by atoms with Gasteiger partial charge in [0.2, 0.25) is 0 Å². The summed E-state index contributed by atoms with van der Waals surface area (Å²) >= 11 is 0. The van der Waals surface area contributed by atoms with Crippen LogP contribution >= 0.6 is 0 Å². The first-order valence-electron chi connectivity index (χ1n) is 7.90. The van der Waals surface area contributed by atoms with Gasteiger partial charge in [0.15, 0.2) is 6.10 Å². The van der Waals surface area contributed by atoms with Gasteiger partial charge in [-0.15, -0.1) is 0 Å². The van der Waals surface area contributed by atoms with E-state index in [1.165, 1.54) is 5.56 Å². The number of carbonyl (C=O) groups excluding carboxylic acids is 2. The minimum atomic E-state index is -0.794. The van der Waals surface area contributed by atoms with E-state index in [1.54, 1.807) is 13.0 Å². The Labute approximate surface area is 133 Å². The van der Waals surface area contributed by atoms with E-state index in [0.29, 0.717) is 18.0 Å². The van der Waals surface area contributed by atoms with Crippen LogP contribution in [0.4, 0.5) is 0 Å². The summed E-state index contributed by atoms with van der Waals surface area (Å²) in [5, 5.41) is 2.65. The van der Waals surface area contributed by atoms with Crippen molar-refractivity contribution in [3.05, 3.63) is 34.9 Å². The number of likely N-dealkylation sites (N-methyl/N-ethyl adjacent to an activating group) is 1. The average Bonchev–Trinajstić information content (AvgIpc) is 2.46. The molecule has 0 aromatic heterocycles. The molecule has 0 aliphatic rings. The molecule has 1 rings (SSSR count). The van der Waals surface area contributed by atoms with Crippen molar-refractivity contribution in [2.75, 3.05) is 6.54 Å². The maximum atomic E-state index is 12.4. The smallest absolute Gasteiger partial charge is 0.339 e. The van der Waals surface area contributed by atoms with Gasteiger partial charge in [-0.1, -0.05) is 39.8 Å². The molecule has 1 atom stereocenters. The molecular formula is C18H27NO3. The summed E-state index contributed by atoms with van der Waals surface area (Å²) in [5.74, 6) is -0.114. The second-order valence-corrected chi connectivity index (χ2v) is 6.10. The number of benzene rings is 1. The van der Waals surface area contributed by atoms with E-state index in [2.05, 4.69) is 25.2 Å². The maximum absolute atomic E-state index is 12.4. The molecule has 122 valence electrons. The van der Waals surface area contributed by atoms with Crippen LogP contribution in [-0.2, 0) is 9.53 Å². The van der Waals surface area contributed by atoms with Crippen molar-refractivity contribution >= 4 is 11.9 Å². The highest BCUT2D eigenvalue weighted by Gasteiger charge is 2.21. The number of rotatable bonds is 6. The number of hydrogen-bond donors (Lipinski definition) is 1. The van der Waals surface area contributed by atoms with E-state index >= 15 is 0 Å². The van der Waals surface area contributed by atoms with Crippen LogP contribution in [0.1, 0.15) is 74.9 Å². The molecule has 0 unspecified atom stereocenters. The third kappa shape index (κ3) is 4.58. The zero-order chi connectivity index (χ0) is 16.9. The van der Waals surface area contributed by atoms with Gasteiger partial charge in [-0.25, -0.2) is 4.79 Å². The normalized spacial score (nSPS) is 12.4. The zero-order valence-corrected chi connectivity index (χ0v) is 14.4. The fraction of sp³-hybridized carbons (Fsp3) is 0.556. The Hall–Kier alpha value is -1.84. The first kappa shape index (κ1) is 18.2. The molecule has 0 spiro atoms.